The fourth-order valence-corrected chi connectivity index (χ4v) is 4.26. The van der Waals surface area contributed by atoms with Gasteiger partial charge in [0, 0.05) is 44.6 Å². The van der Waals surface area contributed by atoms with E-state index in [2.05, 4.69) is 82.6 Å². The quantitative estimate of drug-likeness (QED) is 0.397. The fourth-order valence-electron chi connectivity index (χ4n) is 4.26. The predicted octanol–water partition coefficient (Wildman–Crippen LogP) is 4.46. The molecule has 174 valence electrons. The number of nitrogens with zero attached hydrogens (tertiary/aromatic N) is 3. The monoisotopic (exact) mass is 445 g/mol. The molecule has 1 aliphatic heterocycles. The maximum Gasteiger partial charge on any atom is 0.191 e. The Morgan fingerprint density at radius 3 is 2.61 bits per heavy atom. The zero-order valence-corrected chi connectivity index (χ0v) is 19.7. The number of aryl methyl sites for hydroxylation is 1. The molecule has 4 rings (SSSR count). The molecule has 2 atom stereocenters. The van der Waals surface area contributed by atoms with Gasteiger partial charge in [0.2, 0.25) is 0 Å². The summed E-state index contributed by atoms with van der Waals surface area (Å²) in [5.41, 5.74) is 5.00. The summed E-state index contributed by atoms with van der Waals surface area (Å²) < 4.78 is 8.25. The summed E-state index contributed by atoms with van der Waals surface area (Å²) in [7, 11) is 0. The second-order valence-corrected chi connectivity index (χ2v) is 8.73. The highest BCUT2D eigenvalue weighted by Crippen LogP contribution is 2.33. The average molecular weight is 446 g/mol. The Morgan fingerprint density at radius 1 is 1.09 bits per heavy atom. The van der Waals surface area contributed by atoms with Gasteiger partial charge in [0.05, 0.1) is 19.0 Å². The molecule has 2 heterocycles. The van der Waals surface area contributed by atoms with Gasteiger partial charge in [0.1, 0.15) is 0 Å². The molecule has 3 aromatic rings. The van der Waals surface area contributed by atoms with Crippen LogP contribution < -0.4 is 10.6 Å². The van der Waals surface area contributed by atoms with Crippen LogP contribution >= 0.6 is 0 Å². The van der Waals surface area contributed by atoms with E-state index in [4.69, 9.17) is 9.73 Å². The van der Waals surface area contributed by atoms with Gasteiger partial charge in [0.25, 0.3) is 0 Å². The van der Waals surface area contributed by atoms with E-state index in [-0.39, 0.29) is 6.10 Å². The van der Waals surface area contributed by atoms with Crippen molar-refractivity contribution in [3.8, 4) is 0 Å². The third-order valence-corrected chi connectivity index (χ3v) is 6.09. The number of nitrogens with one attached hydrogen (secondary N) is 2. The first-order valence-electron chi connectivity index (χ1n) is 11.9. The molecule has 33 heavy (non-hydrogen) atoms. The smallest absolute Gasteiger partial charge is 0.191 e. The van der Waals surface area contributed by atoms with E-state index < -0.39 is 0 Å². The van der Waals surface area contributed by atoms with Gasteiger partial charge in [-0.15, -0.1) is 0 Å². The highest BCUT2D eigenvalue weighted by atomic mass is 16.5. The van der Waals surface area contributed by atoms with Crippen LogP contribution in [-0.4, -0.2) is 35.2 Å². The number of aromatic nitrogens is 2. The Bertz CT molecular complexity index is 996. The Hall–Kier alpha value is -3.12. The molecule has 0 radical (unpaired) electrons. The zero-order valence-electron chi connectivity index (χ0n) is 19.7. The second kappa shape index (κ2) is 11.7. The van der Waals surface area contributed by atoms with Crippen molar-refractivity contribution in [2.45, 2.75) is 45.9 Å². The summed E-state index contributed by atoms with van der Waals surface area (Å²) in [6, 6.07) is 17.4. The largest absolute Gasteiger partial charge is 0.373 e. The first kappa shape index (κ1) is 23.1. The van der Waals surface area contributed by atoms with Gasteiger partial charge >= 0.3 is 0 Å². The van der Waals surface area contributed by atoms with Gasteiger partial charge in [0.15, 0.2) is 5.96 Å². The summed E-state index contributed by atoms with van der Waals surface area (Å²) >= 11 is 0. The molecule has 1 fully saturated rings. The number of aliphatic imine (C=N–C) groups is 1. The second-order valence-electron chi connectivity index (χ2n) is 8.73. The Labute approximate surface area is 197 Å². The van der Waals surface area contributed by atoms with E-state index in [0.717, 1.165) is 45.0 Å². The molecule has 2 aromatic carbocycles. The predicted molar refractivity (Wildman–Crippen MR) is 133 cm³/mol. The van der Waals surface area contributed by atoms with Crippen LogP contribution in [0.5, 0.6) is 0 Å². The number of ether oxygens (including phenoxy) is 1. The SMILES string of the molecule is CCNC(=NCc1ccc(Cn2ccnc2)cc1)NCC1CCCOC1c1ccc(C)cc1. The minimum Gasteiger partial charge on any atom is -0.373 e. The molecule has 1 saturated heterocycles. The molecular weight excluding hydrogens is 410 g/mol. The van der Waals surface area contributed by atoms with Crippen LogP contribution in [0.4, 0.5) is 0 Å². The van der Waals surface area contributed by atoms with Gasteiger partial charge in [-0.1, -0.05) is 54.1 Å². The van der Waals surface area contributed by atoms with Gasteiger partial charge in [-0.25, -0.2) is 9.98 Å². The van der Waals surface area contributed by atoms with E-state index in [1.165, 1.54) is 22.3 Å². The number of benzene rings is 2. The summed E-state index contributed by atoms with van der Waals surface area (Å²) in [6.07, 6.45) is 8.02. The zero-order chi connectivity index (χ0) is 22.9. The van der Waals surface area contributed by atoms with Crippen LogP contribution in [-0.2, 0) is 17.8 Å². The number of imidazole rings is 1. The molecular formula is C27H35N5O. The van der Waals surface area contributed by atoms with E-state index in [9.17, 15) is 0 Å². The third kappa shape index (κ3) is 6.68. The molecule has 1 aliphatic rings. The first-order valence-corrected chi connectivity index (χ1v) is 11.9. The molecule has 0 spiro atoms. The molecule has 6 heteroatoms. The molecule has 0 saturated carbocycles. The van der Waals surface area contributed by atoms with Crippen molar-refractivity contribution in [3.05, 3.63) is 89.5 Å². The lowest BCUT2D eigenvalue weighted by molar-refractivity contribution is -0.0265. The van der Waals surface area contributed by atoms with Crippen molar-refractivity contribution in [2.24, 2.45) is 10.9 Å². The molecule has 0 bridgehead atoms. The summed E-state index contributed by atoms with van der Waals surface area (Å²) in [5, 5.41) is 6.94. The van der Waals surface area contributed by atoms with Crippen molar-refractivity contribution in [2.75, 3.05) is 19.7 Å². The number of rotatable bonds is 8. The maximum atomic E-state index is 6.18. The van der Waals surface area contributed by atoms with Crippen molar-refractivity contribution in [1.82, 2.24) is 20.2 Å². The van der Waals surface area contributed by atoms with Crippen LogP contribution in [0.1, 0.15) is 48.1 Å². The minimum absolute atomic E-state index is 0.137. The lowest BCUT2D eigenvalue weighted by Gasteiger charge is -2.32. The van der Waals surface area contributed by atoms with Gasteiger partial charge in [-0.05, 0) is 43.4 Å². The third-order valence-electron chi connectivity index (χ3n) is 6.09. The normalized spacial score (nSPS) is 18.8. The summed E-state index contributed by atoms with van der Waals surface area (Å²) in [5.74, 6) is 1.28. The Balaban J connectivity index is 1.35. The number of guanidine groups is 1. The maximum absolute atomic E-state index is 6.18. The first-order chi connectivity index (χ1) is 16.2. The van der Waals surface area contributed by atoms with Crippen molar-refractivity contribution in [1.29, 1.82) is 0 Å². The molecule has 0 amide bonds. The highest BCUT2D eigenvalue weighted by Gasteiger charge is 2.27. The minimum atomic E-state index is 0.137. The van der Waals surface area contributed by atoms with E-state index in [0.29, 0.717) is 12.5 Å². The van der Waals surface area contributed by atoms with Crippen LogP contribution in [0.15, 0.2) is 72.2 Å². The number of hydrogen-bond donors (Lipinski definition) is 2. The van der Waals surface area contributed by atoms with Crippen LogP contribution in [0.3, 0.4) is 0 Å². The molecule has 2 unspecified atom stereocenters. The standard InChI is InChI=1S/C27H35N5O/c1-3-29-27(30-17-22-8-10-23(11-9-22)19-32-15-14-28-20-32)31-18-25-5-4-16-33-26(25)24-12-6-21(2)7-13-24/h6-15,20,25-26H,3-5,16-19H2,1-2H3,(H2,29,30,31). The summed E-state index contributed by atoms with van der Waals surface area (Å²) in [6.45, 7) is 8.20. The lowest BCUT2D eigenvalue weighted by atomic mass is 9.89. The van der Waals surface area contributed by atoms with Crippen molar-refractivity contribution < 1.29 is 4.74 Å². The van der Waals surface area contributed by atoms with Crippen LogP contribution in [0.25, 0.3) is 0 Å². The molecule has 6 nitrogen and oxygen atoms in total. The lowest BCUT2D eigenvalue weighted by Crippen LogP contribution is -2.42. The number of hydrogen-bond acceptors (Lipinski definition) is 3. The van der Waals surface area contributed by atoms with Crippen molar-refractivity contribution >= 4 is 5.96 Å². The van der Waals surface area contributed by atoms with E-state index in [1.54, 1.807) is 6.20 Å². The molecule has 2 N–H and O–H groups in total. The van der Waals surface area contributed by atoms with Crippen LogP contribution in [0, 0.1) is 12.8 Å². The molecule has 1 aromatic heterocycles. The van der Waals surface area contributed by atoms with Crippen molar-refractivity contribution in [3.63, 3.8) is 0 Å². The Morgan fingerprint density at radius 2 is 1.88 bits per heavy atom. The van der Waals surface area contributed by atoms with E-state index in [1.807, 2.05) is 12.5 Å². The van der Waals surface area contributed by atoms with Crippen LogP contribution in [0.2, 0.25) is 0 Å². The molecule has 0 aliphatic carbocycles. The average Bonchev–Trinajstić information content (AvgIpc) is 3.36. The fraction of sp³-hybridized carbons (Fsp3) is 0.407. The topological polar surface area (TPSA) is 63.5 Å². The summed E-state index contributed by atoms with van der Waals surface area (Å²) in [4.78, 5) is 8.92. The van der Waals surface area contributed by atoms with Gasteiger partial charge in [-0.3, -0.25) is 0 Å². The highest BCUT2D eigenvalue weighted by molar-refractivity contribution is 5.79. The Kier molecular flexibility index (Phi) is 8.14. The van der Waals surface area contributed by atoms with Gasteiger partial charge < -0.3 is 19.9 Å². The van der Waals surface area contributed by atoms with Gasteiger partial charge in [-0.2, -0.15) is 0 Å². The van der Waals surface area contributed by atoms with E-state index >= 15 is 0 Å².